The molecule has 0 spiro atoms. The van der Waals surface area contributed by atoms with Crippen LogP contribution in [-0.4, -0.2) is 18.0 Å². The Balaban J connectivity index is 1.76. The minimum absolute atomic E-state index is 0.188. The molecule has 1 aromatic rings. The SMILES string of the molecule is COc1ccc(CC2CC[C@@H]3C(C)CCC(=O)[C@H]23)cc1O. The second-order valence-corrected chi connectivity index (χ2v) is 6.72. The Labute approximate surface area is 126 Å². The van der Waals surface area contributed by atoms with Crippen molar-refractivity contribution in [2.75, 3.05) is 7.11 Å². The Morgan fingerprint density at radius 2 is 2.10 bits per heavy atom. The van der Waals surface area contributed by atoms with Crippen molar-refractivity contribution in [3.05, 3.63) is 23.8 Å². The summed E-state index contributed by atoms with van der Waals surface area (Å²) in [6, 6.07) is 5.59. The van der Waals surface area contributed by atoms with Crippen LogP contribution >= 0.6 is 0 Å². The van der Waals surface area contributed by atoms with Gasteiger partial charge in [0.1, 0.15) is 5.78 Å². The molecule has 0 heterocycles. The van der Waals surface area contributed by atoms with Gasteiger partial charge in [-0.25, -0.2) is 0 Å². The Bertz CT molecular complexity index is 537. The van der Waals surface area contributed by atoms with E-state index in [1.807, 2.05) is 12.1 Å². The lowest BCUT2D eigenvalue weighted by atomic mass is 9.70. The number of Topliss-reactive ketones (excluding diaryl/α,β-unsaturated/α-hetero) is 1. The molecule has 0 amide bonds. The summed E-state index contributed by atoms with van der Waals surface area (Å²) in [7, 11) is 1.55. The highest BCUT2D eigenvalue weighted by atomic mass is 16.5. The molecule has 0 saturated heterocycles. The molecule has 2 aliphatic rings. The Morgan fingerprint density at radius 1 is 1.29 bits per heavy atom. The molecule has 0 aliphatic heterocycles. The molecule has 1 N–H and O–H groups in total. The molecular weight excluding hydrogens is 264 g/mol. The number of benzene rings is 1. The number of ether oxygens (including phenoxy) is 1. The van der Waals surface area contributed by atoms with E-state index in [4.69, 9.17) is 4.74 Å². The van der Waals surface area contributed by atoms with Gasteiger partial charge >= 0.3 is 0 Å². The molecule has 0 bridgehead atoms. The number of phenols is 1. The molecule has 0 aromatic heterocycles. The van der Waals surface area contributed by atoms with E-state index >= 15 is 0 Å². The Kier molecular flexibility index (Phi) is 3.92. The quantitative estimate of drug-likeness (QED) is 0.924. The maximum absolute atomic E-state index is 12.3. The summed E-state index contributed by atoms with van der Waals surface area (Å²) >= 11 is 0. The van der Waals surface area contributed by atoms with Gasteiger partial charge < -0.3 is 9.84 Å². The van der Waals surface area contributed by atoms with Crippen molar-refractivity contribution in [2.45, 2.75) is 39.0 Å². The van der Waals surface area contributed by atoms with Crippen LogP contribution in [0.3, 0.4) is 0 Å². The van der Waals surface area contributed by atoms with Crippen LogP contribution in [0.25, 0.3) is 0 Å². The zero-order valence-corrected chi connectivity index (χ0v) is 12.8. The summed E-state index contributed by atoms with van der Waals surface area (Å²) in [5.41, 5.74) is 1.10. The second kappa shape index (κ2) is 5.70. The third-order valence-electron chi connectivity index (χ3n) is 5.53. The molecule has 2 fully saturated rings. The van der Waals surface area contributed by atoms with Crippen molar-refractivity contribution in [3.8, 4) is 11.5 Å². The van der Waals surface area contributed by atoms with Crippen LogP contribution < -0.4 is 4.74 Å². The third-order valence-corrected chi connectivity index (χ3v) is 5.53. The van der Waals surface area contributed by atoms with Gasteiger partial charge in [-0.2, -0.15) is 0 Å². The van der Waals surface area contributed by atoms with Crippen molar-refractivity contribution < 1.29 is 14.6 Å². The van der Waals surface area contributed by atoms with Gasteiger partial charge in [-0.3, -0.25) is 4.79 Å². The molecule has 1 aromatic carbocycles. The summed E-state index contributed by atoms with van der Waals surface area (Å²) in [5, 5.41) is 9.90. The molecule has 3 nitrogen and oxygen atoms in total. The van der Waals surface area contributed by atoms with E-state index in [0.717, 1.165) is 31.2 Å². The number of methoxy groups -OCH3 is 1. The van der Waals surface area contributed by atoms with Crippen LogP contribution in [0.1, 0.15) is 38.2 Å². The van der Waals surface area contributed by atoms with E-state index in [9.17, 15) is 9.90 Å². The largest absolute Gasteiger partial charge is 0.504 e. The van der Waals surface area contributed by atoms with E-state index < -0.39 is 0 Å². The number of fused-ring (bicyclic) bond motifs is 1. The highest BCUT2D eigenvalue weighted by Gasteiger charge is 2.45. The van der Waals surface area contributed by atoms with E-state index in [-0.39, 0.29) is 11.7 Å². The third kappa shape index (κ3) is 2.66. The molecule has 2 saturated carbocycles. The highest BCUT2D eigenvalue weighted by Crippen LogP contribution is 2.48. The van der Waals surface area contributed by atoms with Crippen LogP contribution in [0.15, 0.2) is 18.2 Å². The Morgan fingerprint density at radius 3 is 2.81 bits per heavy atom. The van der Waals surface area contributed by atoms with Gasteiger partial charge in [0.25, 0.3) is 0 Å². The second-order valence-electron chi connectivity index (χ2n) is 6.72. The molecule has 2 unspecified atom stereocenters. The molecule has 21 heavy (non-hydrogen) atoms. The zero-order valence-electron chi connectivity index (χ0n) is 12.8. The summed E-state index contributed by atoms with van der Waals surface area (Å²) in [5.74, 6) is 3.12. The van der Waals surface area contributed by atoms with E-state index in [1.54, 1.807) is 13.2 Å². The van der Waals surface area contributed by atoms with Gasteiger partial charge in [0, 0.05) is 12.3 Å². The Hall–Kier alpha value is -1.51. The lowest BCUT2D eigenvalue weighted by Gasteiger charge is -2.33. The lowest BCUT2D eigenvalue weighted by Crippen LogP contribution is -2.34. The summed E-state index contributed by atoms with van der Waals surface area (Å²) in [6.45, 7) is 2.30. The topological polar surface area (TPSA) is 46.5 Å². The van der Waals surface area contributed by atoms with Gasteiger partial charge in [-0.1, -0.05) is 13.0 Å². The van der Waals surface area contributed by atoms with Crippen LogP contribution in [0, 0.1) is 23.7 Å². The maximum atomic E-state index is 12.3. The first-order chi connectivity index (χ1) is 10.1. The molecule has 3 heteroatoms. The first-order valence-corrected chi connectivity index (χ1v) is 7.98. The summed E-state index contributed by atoms with van der Waals surface area (Å²) in [6.07, 6.45) is 5.03. The normalized spacial score (nSPS) is 32.0. The first kappa shape index (κ1) is 14.4. The van der Waals surface area contributed by atoms with Gasteiger partial charge in [0.2, 0.25) is 0 Å². The average molecular weight is 288 g/mol. The van der Waals surface area contributed by atoms with Crippen LogP contribution in [0.4, 0.5) is 0 Å². The number of carbonyl (C=O) groups excluding carboxylic acids is 1. The van der Waals surface area contributed by atoms with Gasteiger partial charge in [0.05, 0.1) is 7.11 Å². The number of ketones is 1. The molecular formula is C18H24O3. The van der Waals surface area contributed by atoms with Gasteiger partial charge in [-0.15, -0.1) is 0 Å². The molecule has 114 valence electrons. The molecule has 3 rings (SSSR count). The molecule has 0 radical (unpaired) electrons. The monoisotopic (exact) mass is 288 g/mol. The molecule has 2 aliphatic carbocycles. The van der Waals surface area contributed by atoms with E-state index in [2.05, 4.69) is 6.92 Å². The maximum Gasteiger partial charge on any atom is 0.160 e. The van der Waals surface area contributed by atoms with Gasteiger partial charge in [0.15, 0.2) is 11.5 Å². The average Bonchev–Trinajstić information content (AvgIpc) is 2.88. The summed E-state index contributed by atoms with van der Waals surface area (Å²) < 4.78 is 5.08. The van der Waals surface area contributed by atoms with Crippen molar-refractivity contribution in [1.29, 1.82) is 0 Å². The van der Waals surface area contributed by atoms with E-state index in [1.165, 1.54) is 6.42 Å². The summed E-state index contributed by atoms with van der Waals surface area (Å²) in [4.78, 5) is 12.3. The number of aromatic hydroxyl groups is 1. The predicted octanol–water partition coefficient (Wildman–Crippen LogP) is 3.58. The van der Waals surface area contributed by atoms with Gasteiger partial charge in [-0.05, 0) is 61.1 Å². The minimum Gasteiger partial charge on any atom is -0.504 e. The van der Waals surface area contributed by atoms with Crippen molar-refractivity contribution in [3.63, 3.8) is 0 Å². The number of carbonyl (C=O) groups is 1. The fourth-order valence-electron chi connectivity index (χ4n) is 4.40. The van der Waals surface area contributed by atoms with Crippen molar-refractivity contribution in [2.24, 2.45) is 23.7 Å². The standard InChI is InChI=1S/C18H24O3/c1-11-3-7-15(19)18-13(5-6-14(11)18)9-12-4-8-17(21-2)16(20)10-12/h4,8,10-11,13-14,18,20H,3,5-7,9H2,1-2H3/t11?,13?,14-,18-/m1/s1. The van der Waals surface area contributed by atoms with E-state index in [0.29, 0.717) is 29.3 Å². The number of phenolic OH excluding ortho intramolecular Hbond substituents is 1. The zero-order chi connectivity index (χ0) is 15.0. The number of rotatable bonds is 3. The smallest absolute Gasteiger partial charge is 0.160 e. The lowest BCUT2D eigenvalue weighted by molar-refractivity contribution is -0.128. The number of hydrogen-bond donors (Lipinski definition) is 1. The van der Waals surface area contributed by atoms with Crippen molar-refractivity contribution in [1.82, 2.24) is 0 Å². The fraction of sp³-hybridized carbons (Fsp3) is 0.611. The van der Waals surface area contributed by atoms with Crippen molar-refractivity contribution >= 4 is 5.78 Å². The number of hydrogen-bond acceptors (Lipinski definition) is 3. The van der Waals surface area contributed by atoms with Crippen LogP contribution in [-0.2, 0) is 11.2 Å². The predicted molar refractivity (Wildman–Crippen MR) is 81.5 cm³/mol. The first-order valence-electron chi connectivity index (χ1n) is 7.98. The molecule has 4 atom stereocenters. The highest BCUT2D eigenvalue weighted by molar-refractivity contribution is 5.82. The fourth-order valence-corrected chi connectivity index (χ4v) is 4.40. The van der Waals surface area contributed by atoms with Crippen LogP contribution in [0.5, 0.6) is 11.5 Å². The van der Waals surface area contributed by atoms with Crippen LogP contribution in [0.2, 0.25) is 0 Å². The minimum atomic E-state index is 0.188.